The molecule has 4 nitrogen and oxygen atoms in total. The predicted molar refractivity (Wildman–Crippen MR) is 77.8 cm³/mol. The van der Waals surface area contributed by atoms with Crippen LogP contribution in [0.25, 0.3) is 0 Å². The van der Waals surface area contributed by atoms with E-state index in [-0.39, 0.29) is 12.5 Å². The van der Waals surface area contributed by atoms with Crippen molar-refractivity contribution in [3.63, 3.8) is 0 Å². The van der Waals surface area contributed by atoms with Crippen molar-refractivity contribution in [3.05, 3.63) is 29.3 Å². The van der Waals surface area contributed by atoms with E-state index in [2.05, 4.69) is 5.32 Å². The standard InChI is InChI=1S/C16H23NO3/c1-16(2,3)20-15(19)10-17-13-6-4-12-9-14(18)7-5-11(12)8-13/h5,7,9,13,17-18H,4,6,8,10H2,1-3H3. The molecular weight excluding hydrogens is 254 g/mol. The number of carbonyl (C=O) groups excluding carboxylic acids is 1. The third kappa shape index (κ3) is 4.23. The van der Waals surface area contributed by atoms with Crippen molar-refractivity contribution < 1.29 is 14.6 Å². The van der Waals surface area contributed by atoms with Crippen molar-refractivity contribution in [3.8, 4) is 5.75 Å². The van der Waals surface area contributed by atoms with Crippen LogP contribution in [0, 0.1) is 0 Å². The van der Waals surface area contributed by atoms with Crippen LogP contribution in [0.15, 0.2) is 18.2 Å². The summed E-state index contributed by atoms with van der Waals surface area (Å²) in [6.07, 6.45) is 2.79. The van der Waals surface area contributed by atoms with Gasteiger partial charge >= 0.3 is 5.97 Å². The molecule has 1 unspecified atom stereocenters. The first-order valence-corrected chi connectivity index (χ1v) is 7.09. The molecule has 4 heteroatoms. The lowest BCUT2D eigenvalue weighted by Gasteiger charge is -2.26. The number of phenolic OH excluding ortho intramolecular Hbond substituents is 1. The van der Waals surface area contributed by atoms with Gasteiger partial charge in [-0.1, -0.05) is 6.07 Å². The molecule has 1 aromatic rings. The minimum absolute atomic E-state index is 0.214. The highest BCUT2D eigenvalue weighted by Crippen LogP contribution is 2.24. The Balaban J connectivity index is 1.85. The third-order valence-electron chi connectivity index (χ3n) is 3.37. The molecule has 0 saturated heterocycles. The number of rotatable bonds is 3. The van der Waals surface area contributed by atoms with Gasteiger partial charge in [0.15, 0.2) is 0 Å². The number of carbonyl (C=O) groups is 1. The summed E-state index contributed by atoms with van der Waals surface area (Å²) in [7, 11) is 0. The number of fused-ring (bicyclic) bond motifs is 1. The molecule has 2 rings (SSSR count). The summed E-state index contributed by atoms with van der Waals surface area (Å²) in [4.78, 5) is 11.7. The molecule has 0 fully saturated rings. The lowest BCUT2D eigenvalue weighted by molar-refractivity contribution is -0.153. The molecule has 0 saturated carbocycles. The Kier molecular flexibility index (Phi) is 4.33. The van der Waals surface area contributed by atoms with Crippen molar-refractivity contribution in [2.45, 2.75) is 51.7 Å². The molecule has 0 amide bonds. The lowest BCUT2D eigenvalue weighted by atomic mass is 9.88. The number of phenols is 1. The Morgan fingerprint density at radius 2 is 2.15 bits per heavy atom. The van der Waals surface area contributed by atoms with Crippen LogP contribution in [0.2, 0.25) is 0 Å². The second-order valence-corrected chi connectivity index (χ2v) is 6.36. The van der Waals surface area contributed by atoms with Gasteiger partial charge in [0, 0.05) is 6.04 Å². The first-order chi connectivity index (χ1) is 9.33. The summed E-state index contributed by atoms with van der Waals surface area (Å²) in [6.45, 7) is 5.85. The topological polar surface area (TPSA) is 58.6 Å². The fourth-order valence-corrected chi connectivity index (χ4v) is 2.52. The normalized spacial score (nSPS) is 18.4. The van der Waals surface area contributed by atoms with Gasteiger partial charge in [0.05, 0.1) is 6.54 Å². The van der Waals surface area contributed by atoms with Crippen molar-refractivity contribution in [1.82, 2.24) is 5.32 Å². The van der Waals surface area contributed by atoms with Gasteiger partial charge in [0.2, 0.25) is 0 Å². The molecule has 2 N–H and O–H groups in total. The maximum atomic E-state index is 11.7. The Hall–Kier alpha value is -1.55. The van der Waals surface area contributed by atoms with Gasteiger partial charge in [-0.3, -0.25) is 4.79 Å². The zero-order chi connectivity index (χ0) is 14.8. The molecule has 0 heterocycles. The van der Waals surface area contributed by atoms with E-state index >= 15 is 0 Å². The monoisotopic (exact) mass is 277 g/mol. The van der Waals surface area contributed by atoms with E-state index in [1.807, 2.05) is 32.9 Å². The summed E-state index contributed by atoms with van der Waals surface area (Å²) in [6, 6.07) is 5.81. The molecule has 1 aromatic carbocycles. The first kappa shape index (κ1) is 14.9. The molecule has 20 heavy (non-hydrogen) atoms. The predicted octanol–water partition coefficient (Wildman–Crippen LogP) is 2.18. The van der Waals surface area contributed by atoms with Crippen LogP contribution < -0.4 is 5.32 Å². The molecule has 0 spiro atoms. The molecule has 1 aliphatic carbocycles. The zero-order valence-corrected chi connectivity index (χ0v) is 12.4. The van der Waals surface area contributed by atoms with Crippen LogP contribution in [0.4, 0.5) is 0 Å². The van der Waals surface area contributed by atoms with Crippen LogP contribution in [0.1, 0.15) is 38.3 Å². The highest BCUT2D eigenvalue weighted by atomic mass is 16.6. The fourth-order valence-electron chi connectivity index (χ4n) is 2.52. The van der Waals surface area contributed by atoms with Crippen LogP contribution in [-0.2, 0) is 22.4 Å². The highest BCUT2D eigenvalue weighted by Gasteiger charge is 2.21. The summed E-state index contributed by atoms with van der Waals surface area (Å²) >= 11 is 0. The summed E-state index contributed by atoms with van der Waals surface area (Å²) in [5.41, 5.74) is 2.02. The van der Waals surface area contributed by atoms with E-state index in [0.717, 1.165) is 19.3 Å². The molecule has 0 aliphatic heterocycles. The number of ether oxygens (including phenoxy) is 1. The number of aromatic hydroxyl groups is 1. The minimum atomic E-state index is -0.435. The largest absolute Gasteiger partial charge is 0.508 e. The van der Waals surface area contributed by atoms with E-state index in [0.29, 0.717) is 11.8 Å². The van der Waals surface area contributed by atoms with Gasteiger partial charge in [0.1, 0.15) is 11.4 Å². The number of benzene rings is 1. The summed E-state index contributed by atoms with van der Waals surface area (Å²) in [5.74, 6) is 0.109. The first-order valence-electron chi connectivity index (χ1n) is 7.09. The average Bonchev–Trinajstić information content (AvgIpc) is 2.34. The maximum Gasteiger partial charge on any atom is 0.320 e. The number of nitrogens with one attached hydrogen (secondary N) is 1. The quantitative estimate of drug-likeness (QED) is 0.831. The Bertz CT molecular complexity index is 491. The van der Waals surface area contributed by atoms with Gasteiger partial charge in [-0.15, -0.1) is 0 Å². The maximum absolute atomic E-state index is 11.7. The van der Waals surface area contributed by atoms with Crippen molar-refractivity contribution in [1.29, 1.82) is 0 Å². The lowest BCUT2D eigenvalue weighted by Crippen LogP contribution is -2.40. The molecule has 0 radical (unpaired) electrons. The number of esters is 1. The van der Waals surface area contributed by atoms with E-state index in [1.165, 1.54) is 11.1 Å². The van der Waals surface area contributed by atoms with E-state index in [9.17, 15) is 9.90 Å². The Morgan fingerprint density at radius 1 is 1.40 bits per heavy atom. The Morgan fingerprint density at radius 3 is 2.85 bits per heavy atom. The van der Waals surface area contributed by atoms with Crippen molar-refractivity contribution in [2.24, 2.45) is 0 Å². The van der Waals surface area contributed by atoms with Gasteiger partial charge in [-0.2, -0.15) is 0 Å². The zero-order valence-electron chi connectivity index (χ0n) is 12.4. The highest BCUT2D eigenvalue weighted by molar-refractivity contribution is 5.72. The third-order valence-corrected chi connectivity index (χ3v) is 3.37. The average molecular weight is 277 g/mol. The van der Waals surface area contributed by atoms with Crippen LogP contribution in [-0.4, -0.2) is 29.3 Å². The minimum Gasteiger partial charge on any atom is -0.508 e. The SMILES string of the molecule is CC(C)(C)OC(=O)CNC1CCc2cc(O)ccc2C1. The number of aryl methyl sites for hydroxylation is 1. The van der Waals surface area contributed by atoms with Gasteiger partial charge < -0.3 is 15.2 Å². The molecular formula is C16H23NO3. The van der Waals surface area contributed by atoms with E-state index < -0.39 is 5.60 Å². The molecule has 110 valence electrons. The second-order valence-electron chi connectivity index (χ2n) is 6.36. The van der Waals surface area contributed by atoms with Gasteiger partial charge in [-0.25, -0.2) is 0 Å². The fraction of sp³-hybridized carbons (Fsp3) is 0.562. The van der Waals surface area contributed by atoms with Crippen molar-refractivity contribution in [2.75, 3.05) is 6.54 Å². The molecule has 1 atom stereocenters. The van der Waals surface area contributed by atoms with Crippen LogP contribution in [0.3, 0.4) is 0 Å². The number of hydrogen-bond donors (Lipinski definition) is 2. The van der Waals surface area contributed by atoms with Crippen molar-refractivity contribution >= 4 is 5.97 Å². The van der Waals surface area contributed by atoms with Crippen LogP contribution >= 0.6 is 0 Å². The summed E-state index contributed by atoms with van der Waals surface area (Å²) in [5, 5.41) is 12.7. The molecule has 0 bridgehead atoms. The second kappa shape index (κ2) is 5.83. The van der Waals surface area contributed by atoms with Crippen LogP contribution in [0.5, 0.6) is 5.75 Å². The van der Waals surface area contributed by atoms with E-state index in [1.54, 1.807) is 6.07 Å². The molecule has 0 aromatic heterocycles. The van der Waals surface area contributed by atoms with E-state index in [4.69, 9.17) is 4.74 Å². The molecule has 1 aliphatic rings. The van der Waals surface area contributed by atoms with Gasteiger partial charge in [0.25, 0.3) is 0 Å². The Labute approximate surface area is 120 Å². The number of hydrogen-bond acceptors (Lipinski definition) is 4. The summed E-state index contributed by atoms with van der Waals surface area (Å²) < 4.78 is 5.28. The smallest absolute Gasteiger partial charge is 0.320 e. The van der Waals surface area contributed by atoms with Gasteiger partial charge in [-0.05, 0) is 63.3 Å².